The summed E-state index contributed by atoms with van der Waals surface area (Å²) in [5.74, 6) is 0.781. The van der Waals surface area contributed by atoms with E-state index in [0.717, 1.165) is 5.56 Å². The number of rotatable bonds is 4. The van der Waals surface area contributed by atoms with E-state index in [-0.39, 0.29) is 17.7 Å². The van der Waals surface area contributed by atoms with Crippen LogP contribution in [0.5, 0.6) is 11.5 Å². The number of nitrogens with one attached hydrogen (secondary N) is 1. The molecule has 0 aliphatic rings. The van der Waals surface area contributed by atoms with Gasteiger partial charge >= 0.3 is 0 Å². The topological polar surface area (TPSA) is 58.6 Å². The Morgan fingerprint density at radius 2 is 1.70 bits per heavy atom. The number of hydrogen-bond donors (Lipinski definition) is 2. The van der Waals surface area contributed by atoms with Crippen LogP contribution in [-0.2, 0) is 0 Å². The Morgan fingerprint density at radius 1 is 1.10 bits per heavy atom. The first-order valence-electron chi connectivity index (χ1n) is 6.34. The Morgan fingerprint density at radius 3 is 2.25 bits per heavy atom. The molecule has 1 atom stereocenters. The summed E-state index contributed by atoms with van der Waals surface area (Å²) in [6.45, 7) is 1.90. The van der Waals surface area contributed by atoms with E-state index in [9.17, 15) is 9.90 Å². The van der Waals surface area contributed by atoms with E-state index in [2.05, 4.69) is 5.32 Å². The van der Waals surface area contributed by atoms with Crippen LogP contribution >= 0.6 is 0 Å². The van der Waals surface area contributed by atoms with Crippen LogP contribution in [0.1, 0.15) is 28.9 Å². The summed E-state index contributed by atoms with van der Waals surface area (Å²) in [7, 11) is 1.59. The molecule has 1 unspecified atom stereocenters. The molecule has 4 nitrogen and oxygen atoms in total. The van der Waals surface area contributed by atoms with Crippen molar-refractivity contribution < 1.29 is 14.6 Å². The van der Waals surface area contributed by atoms with E-state index in [1.165, 1.54) is 0 Å². The highest BCUT2D eigenvalue weighted by Crippen LogP contribution is 2.17. The van der Waals surface area contributed by atoms with Crippen molar-refractivity contribution in [3.63, 3.8) is 0 Å². The lowest BCUT2D eigenvalue weighted by atomic mass is 10.1. The lowest BCUT2D eigenvalue weighted by Crippen LogP contribution is -2.26. The van der Waals surface area contributed by atoms with Crippen LogP contribution in [0.2, 0.25) is 0 Å². The third kappa shape index (κ3) is 3.29. The van der Waals surface area contributed by atoms with Gasteiger partial charge in [-0.1, -0.05) is 12.1 Å². The number of carbonyl (C=O) groups is 1. The first kappa shape index (κ1) is 13.9. The van der Waals surface area contributed by atoms with Crippen LogP contribution < -0.4 is 10.1 Å². The number of benzene rings is 2. The second-order valence-electron chi connectivity index (χ2n) is 4.52. The van der Waals surface area contributed by atoms with Gasteiger partial charge in [0.15, 0.2) is 0 Å². The van der Waals surface area contributed by atoms with E-state index < -0.39 is 0 Å². The van der Waals surface area contributed by atoms with Gasteiger partial charge in [-0.3, -0.25) is 4.79 Å². The number of phenolic OH excluding ortho intramolecular Hbond substituents is 1. The third-order valence-corrected chi connectivity index (χ3v) is 3.09. The number of hydrogen-bond acceptors (Lipinski definition) is 3. The highest BCUT2D eigenvalue weighted by molar-refractivity contribution is 5.94. The smallest absolute Gasteiger partial charge is 0.251 e. The summed E-state index contributed by atoms with van der Waals surface area (Å²) in [6, 6.07) is 13.6. The quantitative estimate of drug-likeness (QED) is 0.899. The highest BCUT2D eigenvalue weighted by atomic mass is 16.5. The second-order valence-corrected chi connectivity index (χ2v) is 4.52. The van der Waals surface area contributed by atoms with E-state index in [1.54, 1.807) is 55.6 Å². The van der Waals surface area contributed by atoms with Crippen LogP contribution in [0, 0.1) is 0 Å². The van der Waals surface area contributed by atoms with Crippen molar-refractivity contribution in [3.05, 3.63) is 59.7 Å². The molecule has 104 valence electrons. The summed E-state index contributed by atoms with van der Waals surface area (Å²) < 4.78 is 5.06. The summed E-state index contributed by atoms with van der Waals surface area (Å²) in [5.41, 5.74) is 1.51. The van der Waals surface area contributed by atoms with E-state index in [4.69, 9.17) is 4.74 Å². The largest absolute Gasteiger partial charge is 0.508 e. The number of carbonyl (C=O) groups excluding carboxylic acids is 1. The first-order valence-corrected chi connectivity index (χ1v) is 6.34. The van der Waals surface area contributed by atoms with Crippen molar-refractivity contribution in [1.29, 1.82) is 0 Å². The molecule has 2 aromatic rings. The van der Waals surface area contributed by atoms with Crippen molar-refractivity contribution >= 4 is 5.91 Å². The zero-order valence-electron chi connectivity index (χ0n) is 11.5. The van der Waals surface area contributed by atoms with E-state index >= 15 is 0 Å². The van der Waals surface area contributed by atoms with Crippen LogP contribution in [0.25, 0.3) is 0 Å². The lowest BCUT2D eigenvalue weighted by molar-refractivity contribution is 0.0940. The molecule has 0 aliphatic carbocycles. The van der Waals surface area contributed by atoms with Gasteiger partial charge in [-0.2, -0.15) is 0 Å². The molecule has 0 saturated carbocycles. The summed E-state index contributed by atoms with van der Waals surface area (Å²) >= 11 is 0. The normalized spacial score (nSPS) is 11.7. The van der Waals surface area contributed by atoms with Crippen molar-refractivity contribution in [2.75, 3.05) is 7.11 Å². The van der Waals surface area contributed by atoms with Crippen LogP contribution in [0.3, 0.4) is 0 Å². The predicted molar refractivity (Wildman–Crippen MR) is 77.0 cm³/mol. The maximum absolute atomic E-state index is 12.1. The fraction of sp³-hybridized carbons (Fsp3) is 0.188. The maximum atomic E-state index is 12.1. The standard InChI is InChI=1S/C16H17NO3/c1-11(12-3-7-14(18)8-4-12)17-16(19)13-5-9-15(20-2)10-6-13/h3-11,18H,1-2H3,(H,17,19). The molecule has 2 aromatic carbocycles. The average molecular weight is 271 g/mol. The van der Waals surface area contributed by atoms with Gasteiger partial charge in [0.05, 0.1) is 13.2 Å². The van der Waals surface area contributed by atoms with Crippen molar-refractivity contribution in [1.82, 2.24) is 5.32 Å². The molecular formula is C16H17NO3. The Hall–Kier alpha value is -2.49. The molecule has 2 rings (SSSR count). The SMILES string of the molecule is COc1ccc(C(=O)NC(C)c2ccc(O)cc2)cc1. The molecule has 0 aromatic heterocycles. The van der Waals surface area contributed by atoms with Crippen molar-refractivity contribution in [2.45, 2.75) is 13.0 Å². The summed E-state index contributed by atoms with van der Waals surface area (Å²) in [5, 5.41) is 12.2. The van der Waals surface area contributed by atoms with Gasteiger partial charge in [0.1, 0.15) is 11.5 Å². The first-order chi connectivity index (χ1) is 9.60. The van der Waals surface area contributed by atoms with Gasteiger partial charge in [-0.05, 0) is 48.9 Å². The lowest BCUT2D eigenvalue weighted by Gasteiger charge is -2.14. The number of phenols is 1. The van der Waals surface area contributed by atoms with E-state index in [0.29, 0.717) is 11.3 Å². The van der Waals surface area contributed by atoms with Crippen LogP contribution in [0.15, 0.2) is 48.5 Å². The molecule has 1 amide bonds. The molecule has 0 saturated heterocycles. The Kier molecular flexibility index (Phi) is 4.25. The van der Waals surface area contributed by atoms with Gasteiger partial charge in [0.25, 0.3) is 5.91 Å². The zero-order valence-corrected chi connectivity index (χ0v) is 11.5. The van der Waals surface area contributed by atoms with Gasteiger partial charge in [0, 0.05) is 5.56 Å². The van der Waals surface area contributed by atoms with Gasteiger partial charge in [0.2, 0.25) is 0 Å². The molecular weight excluding hydrogens is 254 g/mol. The average Bonchev–Trinajstić information content (AvgIpc) is 2.48. The van der Waals surface area contributed by atoms with Gasteiger partial charge in [-0.15, -0.1) is 0 Å². The molecule has 0 fully saturated rings. The van der Waals surface area contributed by atoms with Crippen molar-refractivity contribution in [3.8, 4) is 11.5 Å². The minimum Gasteiger partial charge on any atom is -0.508 e. The minimum atomic E-state index is -0.145. The fourth-order valence-corrected chi connectivity index (χ4v) is 1.87. The molecule has 0 heterocycles. The van der Waals surface area contributed by atoms with Gasteiger partial charge < -0.3 is 15.2 Å². The molecule has 0 radical (unpaired) electrons. The van der Waals surface area contributed by atoms with Crippen molar-refractivity contribution in [2.24, 2.45) is 0 Å². The Labute approximate surface area is 118 Å². The number of amides is 1. The summed E-state index contributed by atoms with van der Waals surface area (Å²) in [6.07, 6.45) is 0. The van der Waals surface area contributed by atoms with E-state index in [1.807, 2.05) is 6.92 Å². The maximum Gasteiger partial charge on any atom is 0.251 e. The molecule has 0 bridgehead atoms. The van der Waals surface area contributed by atoms with Crippen LogP contribution in [-0.4, -0.2) is 18.1 Å². The number of methoxy groups -OCH3 is 1. The summed E-state index contributed by atoms with van der Waals surface area (Å²) in [4.78, 5) is 12.1. The Bertz CT molecular complexity index is 576. The molecule has 20 heavy (non-hydrogen) atoms. The molecule has 2 N–H and O–H groups in total. The highest BCUT2D eigenvalue weighted by Gasteiger charge is 2.11. The monoisotopic (exact) mass is 271 g/mol. The zero-order chi connectivity index (χ0) is 14.5. The third-order valence-electron chi connectivity index (χ3n) is 3.09. The molecule has 4 heteroatoms. The number of ether oxygens (including phenoxy) is 1. The molecule has 0 aliphatic heterocycles. The second kappa shape index (κ2) is 6.10. The fourth-order valence-electron chi connectivity index (χ4n) is 1.87. The predicted octanol–water partition coefficient (Wildman–Crippen LogP) is 2.89. The minimum absolute atomic E-state index is 0.134. The van der Waals surface area contributed by atoms with Gasteiger partial charge in [-0.25, -0.2) is 0 Å². The van der Waals surface area contributed by atoms with Crippen LogP contribution in [0.4, 0.5) is 0 Å². The molecule has 0 spiro atoms. The Balaban J connectivity index is 2.04. The number of aromatic hydroxyl groups is 1.